The zero-order valence-electron chi connectivity index (χ0n) is 18.0. The smallest absolute Gasteiger partial charge is 0.191 e. The van der Waals surface area contributed by atoms with E-state index in [4.69, 9.17) is 9.47 Å². The molecule has 1 aliphatic heterocycles. The van der Waals surface area contributed by atoms with Crippen LogP contribution >= 0.6 is 35.3 Å². The SMILES string of the molecule is CN=C(NCC(C)Oc1cccc(C)c1)NCC(c1cccs1)N1CCOCC1.I. The molecule has 0 amide bonds. The van der Waals surface area contributed by atoms with Crippen LogP contribution in [0.1, 0.15) is 23.4 Å². The lowest BCUT2D eigenvalue weighted by molar-refractivity contribution is 0.0177. The molecule has 2 unspecified atom stereocenters. The molecular formula is C22H33IN4O2S. The Kier molecular flexibility index (Phi) is 10.9. The maximum atomic E-state index is 6.00. The standard InChI is InChI=1S/C22H32N4O2S.HI/c1-17-6-4-7-19(14-17)28-18(2)15-24-22(23-3)25-16-20(21-8-5-13-29-21)26-9-11-27-12-10-26;/h4-8,13-14,18,20H,9-12,15-16H2,1-3H3,(H2,23,24,25);1H. The lowest BCUT2D eigenvalue weighted by Crippen LogP contribution is -2.47. The lowest BCUT2D eigenvalue weighted by atomic mass is 10.2. The molecule has 0 bridgehead atoms. The van der Waals surface area contributed by atoms with Crippen LogP contribution in [0.4, 0.5) is 0 Å². The molecular weight excluding hydrogens is 511 g/mol. The quantitative estimate of drug-likeness (QED) is 0.302. The summed E-state index contributed by atoms with van der Waals surface area (Å²) in [5.74, 6) is 1.69. The Morgan fingerprint density at radius 2 is 1.97 bits per heavy atom. The van der Waals surface area contributed by atoms with Crippen molar-refractivity contribution in [3.05, 3.63) is 52.2 Å². The van der Waals surface area contributed by atoms with Crippen molar-refractivity contribution in [2.45, 2.75) is 26.0 Å². The van der Waals surface area contributed by atoms with Gasteiger partial charge in [0.25, 0.3) is 0 Å². The summed E-state index contributed by atoms with van der Waals surface area (Å²) in [6.45, 7) is 9.10. The van der Waals surface area contributed by atoms with Gasteiger partial charge in [-0.1, -0.05) is 18.2 Å². The van der Waals surface area contributed by atoms with Gasteiger partial charge in [-0.3, -0.25) is 9.89 Å². The van der Waals surface area contributed by atoms with Crippen molar-refractivity contribution in [1.82, 2.24) is 15.5 Å². The highest BCUT2D eigenvalue weighted by Crippen LogP contribution is 2.25. The van der Waals surface area contributed by atoms with E-state index in [1.165, 1.54) is 10.4 Å². The van der Waals surface area contributed by atoms with E-state index in [9.17, 15) is 0 Å². The molecule has 0 aliphatic carbocycles. The molecule has 3 rings (SSSR count). The highest BCUT2D eigenvalue weighted by atomic mass is 127. The summed E-state index contributed by atoms with van der Waals surface area (Å²) in [6, 6.07) is 12.8. The van der Waals surface area contributed by atoms with Gasteiger partial charge in [0, 0.05) is 31.6 Å². The zero-order valence-corrected chi connectivity index (χ0v) is 21.1. The fraction of sp³-hybridized carbons (Fsp3) is 0.500. The molecule has 1 fully saturated rings. The van der Waals surface area contributed by atoms with Gasteiger partial charge >= 0.3 is 0 Å². The van der Waals surface area contributed by atoms with Gasteiger partial charge in [0.15, 0.2) is 5.96 Å². The normalized spacial score (nSPS) is 17.0. The molecule has 6 nitrogen and oxygen atoms in total. The van der Waals surface area contributed by atoms with Crippen LogP contribution in [0.5, 0.6) is 5.75 Å². The number of hydrogen-bond acceptors (Lipinski definition) is 5. The molecule has 166 valence electrons. The van der Waals surface area contributed by atoms with Crippen molar-refractivity contribution >= 4 is 41.3 Å². The summed E-state index contributed by atoms with van der Waals surface area (Å²) in [5, 5.41) is 9.01. The van der Waals surface area contributed by atoms with E-state index >= 15 is 0 Å². The molecule has 1 saturated heterocycles. The van der Waals surface area contributed by atoms with E-state index in [-0.39, 0.29) is 30.1 Å². The fourth-order valence-electron chi connectivity index (χ4n) is 3.40. The van der Waals surface area contributed by atoms with E-state index in [0.29, 0.717) is 12.6 Å². The Bertz CT molecular complexity index is 766. The van der Waals surface area contributed by atoms with Gasteiger partial charge in [0.1, 0.15) is 11.9 Å². The molecule has 1 aliphatic rings. The Hall–Kier alpha value is -1.36. The largest absolute Gasteiger partial charge is 0.489 e. The van der Waals surface area contributed by atoms with Crippen molar-refractivity contribution in [2.24, 2.45) is 4.99 Å². The number of nitrogens with one attached hydrogen (secondary N) is 2. The van der Waals surface area contributed by atoms with E-state index < -0.39 is 0 Å². The van der Waals surface area contributed by atoms with E-state index in [2.05, 4.69) is 64.0 Å². The van der Waals surface area contributed by atoms with Gasteiger partial charge in [-0.05, 0) is 43.0 Å². The fourth-order valence-corrected chi connectivity index (χ4v) is 4.26. The van der Waals surface area contributed by atoms with Gasteiger partial charge in [-0.25, -0.2) is 0 Å². The average molecular weight is 545 g/mol. The van der Waals surface area contributed by atoms with Gasteiger partial charge in [-0.2, -0.15) is 0 Å². The van der Waals surface area contributed by atoms with Gasteiger partial charge in [0.05, 0.1) is 25.8 Å². The number of guanidine groups is 1. The summed E-state index contributed by atoms with van der Waals surface area (Å²) in [4.78, 5) is 8.23. The molecule has 1 aromatic heterocycles. The maximum Gasteiger partial charge on any atom is 0.191 e. The van der Waals surface area contributed by atoms with Gasteiger partial charge < -0.3 is 20.1 Å². The van der Waals surface area contributed by atoms with Crippen molar-refractivity contribution < 1.29 is 9.47 Å². The minimum Gasteiger partial charge on any atom is -0.489 e. The predicted octanol–water partition coefficient (Wildman–Crippen LogP) is 3.68. The minimum atomic E-state index is 0. The Morgan fingerprint density at radius 3 is 2.63 bits per heavy atom. The lowest BCUT2D eigenvalue weighted by Gasteiger charge is -2.34. The van der Waals surface area contributed by atoms with Gasteiger partial charge in [0.2, 0.25) is 0 Å². The second-order valence-electron chi connectivity index (χ2n) is 7.26. The number of ether oxygens (including phenoxy) is 2. The highest BCUT2D eigenvalue weighted by Gasteiger charge is 2.23. The second kappa shape index (κ2) is 13.1. The van der Waals surface area contributed by atoms with Crippen LogP contribution in [-0.2, 0) is 4.74 Å². The number of thiophene rings is 1. The third-order valence-electron chi connectivity index (χ3n) is 4.93. The topological polar surface area (TPSA) is 58.1 Å². The van der Waals surface area contributed by atoms with Crippen molar-refractivity contribution in [3.63, 3.8) is 0 Å². The van der Waals surface area contributed by atoms with Gasteiger partial charge in [-0.15, -0.1) is 35.3 Å². The molecule has 2 atom stereocenters. The molecule has 0 saturated carbocycles. The monoisotopic (exact) mass is 544 g/mol. The van der Waals surface area contributed by atoms with Crippen LogP contribution in [0.3, 0.4) is 0 Å². The van der Waals surface area contributed by atoms with Crippen LogP contribution in [0.2, 0.25) is 0 Å². The number of hydrogen-bond donors (Lipinski definition) is 2. The van der Waals surface area contributed by atoms with Crippen LogP contribution in [0, 0.1) is 6.92 Å². The number of rotatable bonds is 8. The van der Waals surface area contributed by atoms with Crippen LogP contribution in [0.25, 0.3) is 0 Å². The predicted molar refractivity (Wildman–Crippen MR) is 136 cm³/mol. The zero-order chi connectivity index (χ0) is 20.5. The molecule has 30 heavy (non-hydrogen) atoms. The van der Waals surface area contributed by atoms with Crippen LogP contribution < -0.4 is 15.4 Å². The number of nitrogens with zero attached hydrogens (tertiary/aromatic N) is 2. The van der Waals surface area contributed by atoms with E-state index in [1.54, 1.807) is 18.4 Å². The third-order valence-corrected chi connectivity index (χ3v) is 5.90. The average Bonchev–Trinajstić information content (AvgIpc) is 3.26. The first kappa shape index (κ1) is 24.9. The molecule has 8 heteroatoms. The third kappa shape index (κ3) is 7.72. The Morgan fingerprint density at radius 1 is 1.20 bits per heavy atom. The molecule has 0 radical (unpaired) electrons. The number of aliphatic imine (C=N–C) groups is 1. The second-order valence-corrected chi connectivity index (χ2v) is 8.24. The highest BCUT2D eigenvalue weighted by molar-refractivity contribution is 14.0. The summed E-state index contributed by atoms with van der Waals surface area (Å²) in [6.07, 6.45) is 0.0303. The Balaban J connectivity index is 0.00000320. The summed E-state index contributed by atoms with van der Waals surface area (Å²) in [7, 11) is 1.80. The molecule has 1 aromatic carbocycles. The van der Waals surface area contributed by atoms with E-state index in [0.717, 1.165) is 44.6 Å². The summed E-state index contributed by atoms with van der Waals surface area (Å²) in [5.41, 5.74) is 1.20. The molecule has 0 spiro atoms. The maximum absolute atomic E-state index is 6.00. The molecule has 2 N–H and O–H groups in total. The number of morpholine rings is 1. The molecule has 2 aromatic rings. The minimum absolute atomic E-state index is 0. The van der Waals surface area contributed by atoms with Crippen molar-refractivity contribution in [1.29, 1.82) is 0 Å². The van der Waals surface area contributed by atoms with Crippen LogP contribution in [0.15, 0.2) is 46.8 Å². The first-order valence-corrected chi connectivity index (χ1v) is 11.1. The number of benzene rings is 1. The summed E-state index contributed by atoms with van der Waals surface area (Å²) < 4.78 is 11.5. The van der Waals surface area contributed by atoms with Crippen LogP contribution in [-0.4, -0.2) is 63.4 Å². The van der Waals surface area contributed by atoms with Crippen molar-refractivity contribution in [3.8, 4) is 5.75 Å². The molecule has 2 heterocycles. The Labute approximate surface area is 201 Å². The summed E-state index contributed by atoms with van der Waals surface area (Å²) >= 11 is 1.80. The first-order valence-electron chi connectivity index (χ1n) is 10.2. The first-order chi connectivity index (χ1) is 14.2. The van der Waals surface area contributed by atoms with Crippen molar-refractivity contribution in [2.75, 3.05) is 46.4 Å². The number of halogens is 1. The van der Waals surface area contributed by atoms with E-state index in [1.807, 2.05) is 12.1 Å². The number of aryl methyl sites for hydroxylation is 1.